The Morgan fingerprint density at radius 1 is 0.234 bits per heavy atom. The lowest BCUT2D eigenvalue weighted by Crippen LogP contribution is -2.06. The lowest BCUT2D eigenvalue weighted by Gasteiger charge is -2.16. The molecular weight excluding hydrogens is 1530 g/mol. The summed E-state index contributed by atoms with van der Waals surface area (Å²) in [7, 11) is 0. The third-order valence-corrected chi connectivity index (χ3v) is 24.5. The standard InChI is InChI=1S/C56H35N5O.C56H35N5S/c1-5-17-36(18-6-1)42-30-29-40(33-47(42)37-19-7-2-8-20-37)41-34-48(55-59-53(38-21-9-3-10-22-38)58-54(60-55)39-23-11-4-12-24-39)56(57-35-41)61-49-27-15-13-25-43(49)45-31-32-46-44-26-14-16-28-50(44)62-52(46)51(45)61;1-5-17-36(18-6-1)41-30-29-40(35-44(41)37-19-7-2-8-20-37)45-31-32-48(53(57-45)56-59-54(38-21-9-3-10-22-38)58-55(60-56)39-23-11-4-12-24-39)61-46-27-15-13-25-42(46)51-47(61)33-34-50-52(51)43-26-14-16-28-49(43)62-50/h2*1-35H. The monoisotopic (exact) mass is 1600 g/mol. The summed E-state index contributed by atoms with van der Waals surface area (Å²) in [5.41, 5.74) is 24.5. The Morgan fingerprint density at radius 3 is 1.22 bits per heavy atom. The van der Waals surface area contributed by atoms with Gasteiger partial charge in [0, 0.05) is 92.1 Å². The van der Waals surface area contributed by atoms with E-state index in [9.17, 15) is 0 Å². The number of hydrogen-bond acceptors (Lipinski definition) is 10. The summed E-state index contributed by atoms with van der Waals surface area (Å²) in [5, 5.41) is 9.21. The molecule has 0 amide bonds. The van der Waals surface area contributed by atoms with Crippen molar-refractivity contribution >= 4 is 97.1 Å². The van der Waals surface area contributed by atoms with Crippen LogP contribution in [-0.4, -0.2) is 49.0 Å². The van der Waals surface area contributed by atoms with Gasteiger partial charge in [0.1, 0.15) is 17.1 Å². The molecule has 124 heavy (non-hydrogen) atoms. The zero-order valence-electron chi connectivity index (χ0n) is 66.7. The highest BCUT2D eigenvalue weighted by Gasteiger charge is 2.28. The van der Waals surface area contributed by atoms with Crippen molar-refractivity contribution in [1.82, 2.24) is 49.0 Å². The van der Waals surface area contributed by atoms with Crippen molar-refractivity contribution in [1.29, 1.82) is 0 Å². The Kier molecular flexibility index (Phi) is 18.2. The molecule has 0 N–H and O–H groups in total. The molecule has 11 nitrogen and oxygen atoms in total. The number of furan rings is 1. The number of para-hydroxylation sites is 3. The summed E-state index contributed by atoms with van der Waals surface area (Å²) >= 11 is 1.84. The number of thiophene rings is 1. The van der Waals surface area contributed by atoms with Gasteiger partial charge in [-0.2, -0.15) is 0 Å². The average Bonchev–Trinajstić information content (AvgIpc) is 1.56. The Labute approximate surface area is 717 Å². The van der Waals surface area contributed by atoms with Crippen LogP contribution in [0.5, 0.6) is 0 Å². The van der Waals surface area contributed by atoms with E-state index in [0.29, 0.717) is 46.5 Å². The van der Waals surface area contributed by atoms with E-state index < -0.39 is 0 Å². The summed E-state index contributed by atoms with van der Waals surface area (Å²) in [4.78, 5) is 42.3. The first-order valence-electron chi connectivity index (χ1n) is 41.4. The van der Waals surface area contributed by atoms with Gasteiger partial charge in [-0.1, -0.05) is 346 Å². The smallest absolute Gasteiger partial charge is 0.184 e. The van der Waals surface area contributed by atoms with Crippen LogP contribution in [0.15, 0.2) is 429 Å². The number of rotatable bonds is 14. The SMILES string of the molecule is c1ccc(-c2nc(-c3ccccc3)nc(-c3cc(-c4ccc(-c5ccccc5)c(-c5ccccc5)c4)cnc3-n3c4ccccc4c4ccc5c6ccccc6oc5c43)n2)cc1.c1ccc(-c2nc(-c3ccccc3)nc(-c3nc(-c4ccc(-c5ccccc5)c(-c5ccccc5)c4)ccc3-n3c4ccccc4c4c5c(ccc43)sc3ccccc35)n2)cc1. The molecule has 0 radical (unpaired) electrons. The van der Waals surface area contributed by atoms with Gasteiger partial charge in [-0.25, -0.2) is 39.9 Å². The van der Waals surface area contributed by atoms with Gasteiger partial charge in [-0.05, 0) is 123 Å². The van der Waals surface area contributed by atoms with Crippen LogP contribution in [0.25, 0.3) is 233 Å². The highest BCUT2D eigenvalue weighted by Crippen LogP contribution is 2.48. The molecule has 0 bridgehead atoms. The number of benzene rings is 16. The van der Waals surface area contributed by atoms with Crippen molar-refractivity contribution in [2.75, 3.05) is 0 Å². The topological polar surface area (TPSA) is 126 Å². The molecule has 0 spiro atoms. The maximum Gasteiger partial charge on any atom is 0.184 e. The molecule has 8 aromatic heterocycles. The van der Waals surface area contributed by atoms with E-state index in [1.54, 1.807) is 0 Å². The molecule has 0 aliphatic carbocycles. The van der Waals surface area contributed by atoms with Gasteiger partial charge in [0.25, 0.3) is 0 Å². The Balaban J connectivity index is 0.000000143. The summed E-state index contributed by atoms with van der Waals surface area (Å²) in [6.07, 6.45) is 1.97. The first kappa shape index (κ1) is 72.7. The lowest BCUT2D eigenvalue weighted by molar-refractivity contribution is 0.671. The van der Waals surface area contributed by atoms with E-state index >= 15 is 0 Å². The van der Waals surface area contributed by atoms with Gasteiger partial charge < -0.3 is 8.98 Å². The van der Waals surface area contributed by atoms with Crippen molar-refractivity contribution in [3.8, 4) is 147 Å². The first-order chi connectivity index (χ1) is 61.5. The second kappa shape index (κ2) is 31.0. The third-order valence-electron chi connectivity index (χ3n) is 23.4. The normalized spacial score (nSPS) is 11.5. The van der Waals surface area contributed by atoms with Crippen LogP contribution in [0.4, 0.5) is 0 Å². The average molecular weight is 1600 g/mol. The molecule has 16 aromatic carbocycles. The van der Waals surface area contributed by atoms with Gasteiger partial charge >= 0.3 is 0 Å². The van der Waals surface area contributed by atoms with Crippen LogP contribution in [0, 0.1) is 0 Å². The summed E-state index contributed by atoms with van der Waals surface area (Å²) in [6.45, 7) is 0. The van der Waals surface area contributed by atoms with Gasteiger partial charge in [0.05, 0.1) is 39.0 Å². The van der Waals surface area contributed by atoms with Gasteiger partial charge in [-0.3, -0.25) is 4.57 Å². The molecule has 0 atom stereocenters. The number of aromatic nitrogens is 10. The van der Waals surface area contributed by atoms with Crippen LogP contribution in [0.2, 0.25) is 0 Å². The summed E-state index contributed by atoms with van der Waals surface area (Å²) in [5.74, 6) is 4.00. The molecule has 580 valence electrons. The molecule has 0 aliphatic heterocycles. The molecule has 24 rings (SSSR count). The van der Waals surface area contributed by atoms with E-state index in [1.807, 2.05) is 151 Å². The van der Waals surface area contributed by atoms with Crippen molar-refractivity contribution in [3.63, 3.8) is 0 Å². The van der Waals surface area contributed by atoms with Crippen LogP contribution < -0.4 is 0 Å². The van der Waals surface area contributed by atoms with Crippen molar-refractivity contribution in [2.45, 2.75) is 0 Å². The molecule has 0 aliphatic rings. The molecule has 0 unspecified atom stereocenters. The minimum atomic E-state index is 0.492. The second-order valence-corrected chi connectivity index (χ2v) is 31.9. The molecular formula is C112H70N10OS. The number of hydrogen-bond donors (Lipinski definition) is 0. The molecule has 0 fully saturated rings. The van der Waals surface area contributed by atoms with Gasteiger partial charge in [0.2, 0.25) is 0 Å². The fraction of sp³-hybridized carbons (Fsp3) is 0. The predicted octanol–water partition coefficient (Wildman–Crippen LogP) is 29.0. The van der Waals surface area contributed by atoms with Gasteiger partial charge in [-0.15, -0.1) is 11.3 Å². The summed E-state index contributed by atoms with van der Waals surface area (Å²) < 4.78 is 13.9. The minimum Gasteiger partial charge on any atom is -0.454 e. The lowest BCUT2D eigenvalue weighted by atomic mass is 9.91. The predicted molar refractivity (Wildman–Crippen MR) is 509 cm³/mol. The van der Waals surface area contributed by atoms with Crippen LogP contribution in [-0.2, 0) is 0 Å². The first-order valence-corrected chi connectivity index (χ1v) is 42.3. The van der Waals surface area contributed by atoms with Crippen molar-refractivity contribution in [2.24, 2.45) is 0 Å². The minimum absolute atomic E-state index is 0.492. The Morgan fingerprint density at radius 2 is 0.661 bits per heavy atom. The summed E-state index contributed by atoms with van der Waals surface area (Å²) in [6, 6.07) is 146. The largest absolute Gasteiger partial charge is 0.454 e. The highest BCUT2D eigenvalue weighted by molar-refractivity contribution is 7.26. The van der Waals surface area contributed by atoms with E-state index in [-0.39, 0.29) is 0 Å². The molecule has 12 heteroatoms. The molecule has 24 aromatic rings. The van der Waals surface area contributed by atoms with E-state index in [4.69, 9.17) is 44.3 Å². The Hall–Kier alpha value is -16.5. The third kappa shape index (κ3) is 13.0. The van der Waals surface area contributed by atoms with Crippen LogP contribution in [0.1, 0.15) is 0 Å². The maximum atomic E-state index is 6.76. The van der Waals surface area contributed by atoms with Crippen molar-refractivity contribution < 1.29 is 4.42 Å². The van der Waals surface area contributed by atoms with E-state index in [2.05, 4.69) is 294 Å². The maximum absolute atomic E-state index is 6.76. The zero-order chi connectivity index (χ0) is 82.0. The quantitative estimate of drug-likeness (QED) is 0.105. The second-order valence-electron chi connectivity index (χ2n) is 30.8. The number of nitrogens with zero attached hydrogens (tertiary/aromatic N) is 10. The fourth-order valence-corrected chi connectivity index (χ4v) is 18.7. The van der Waals surface area contributed by atoms with E-state index in [1.165, 1.54) is 30.9 Å². The number of pyridine rings is 2. The fourth-order valence-electron chi connectivity index (χ4n) is 17.6. The number of fused-ring (bicyclic) bond motifs is 14. The molecule has 0 saturated carbocycles. The molecule has 8 heterocycles. The van der Waals surface area contributed by atoms with Crippen LogP contribution >= 0.6 is 11.3 Å². The zero-order valence-corrected chi connectivity index (χ0v) is 67.5. The van der Waals surface area contributed by atoms with Crippen molar-refractivity contribution in [3.05, 3.63) is 425 Å². The Bertz CT molecular complexity index is 8090. The molecule has 0 saturated heterocycles. The van der Waals surface area contributed by atoms with Gasteiger partial charge in [0.15, 0.2) is 40.5 Å². The van der Waals surface area contributed by atoms with Crippen LogP contribution in [0.3, 0.4) is 0 Å². The highest BCUT2D eigenvalue weighted by atomic mass is 32.1. The van der Waals surface area contributed by atoms with E-state index in [0.717, 1.165) is 155 Å².